The van der Waals surface area contributed by atoms with Crippen LogP contribution in [0.15, 0.2) is 29.1 Å². The van der Waals surface area contributed by atoms with Crippen LogP contribution >= 0.6 is 22.9 Å². The van der Waals surface area contributed by atoms with Gasteiger partial charge in [-0.3, -0.25) is 0 Å². The Labute approximate surface area is 92.3 Å². The number of hydrogen-bond donors (Lipinski definition) is 0. The number of aryl methyl sites for hydroxylation is 2. The summed E-state index contributed by atoms with van der Waals surface area (Å²) in [5.74, 6) is 0. The Kier molecular flexibility index (Phi) is 2.66. The third-order valence-electron chi connectivity index (χ3n) is 2.19. The van der Waals surface area contributed by atoms with E-state index in [-0.39, 0.29) is 5.38 Å². The number of halogens is 1. The van der Waals surface area contributed by atoms with E-state index in [0.717, 1.165) is 5.56 Å². The summed E-state index contributed by atoms with van der Waals surface area (Å²) in [6.45, 7) is 4.20. The van der Waals surface area contributed by atoms with Crippen molar-refractivity contribution < 1.29 is 4.42 Å². The molecule has 1 atom stereocenters. The molecule has 74 valence electrons. The van der Waals surface area contributed by atoms with Gasteiger partial charge in [-0.25, -0.2) is 0 Å². The summed E-state index contributed by atoms with van der Waals surface area (Å²) >= 11 is 8.12. The second-order valence-electron chi connectivity index (χ2n) is 3.29. The van der Waals surface area contributed by atoms with Crippen LogP contribution < -0.4 is 0 Å². The molecule has 2 aromatic rings. The fraction of sp³-hybridized carbons (Fsp3) is 0.273. The molecule has 0 saturated carbocycles. The Balaban J connectivity index is 2.36. The van der Waals surface area contributed by atoms with Crippen LogP contribution in [0, 0.1) is 13.8 Å². The zero-order valence-electron chi connectivity index (χ0n) is 8.08. The van der Waals surface area contributed by atoms with Gasteiger partial charge in [-0.15, -0.1) is 22.9 Å². The molecule has 0 aliphatic rings. The van der Waals surface area contributed by atoms with E-state index in [1.807, 2.05) is 6.07 Å². The van der Waals surface area contributed by atoms with Gasteiger partial charge in [0.25, 0.3) is 0 Å². The molecule has 3 heteroatoms. The molecular formula is C11H11ClOS. The first-order chi connectivity index (χ1) is 6.68. The molecule has 1 unspecified atom stereocenters. The van der Waals surface area contributed by atoms with Crippen molar-refractivity contribution in [3.63, 3.8) is 0 Å². The second-order valence-corrected chi connectivity index (χ2v) is 5.18. The van der Waals surface area contributed by atoms with Crippen LogP contribution in [-0.2, 0) is 0 Å². The van der Waals surface area contributed by atoms with Crippen LogP contribution in [0.3, 0.4) is 0 Å². The Morgan fingerprint density at radius 2 is 2.21 bits per heavy atom. The first-order valence-corrected chi connectivity index (χ1v) is 5.67. The molecule has 0 radical (unpaired) electrons. The molecule has 0 aliphatic heterocycles. The van der Waals surface area contributed by atoms with Crippen LogP contribution in [0.1, 0.15) is 26.3 Å². The summed E-state index contributed by atoms with van der Waals surface area (Å²) in [4.78, 5) is 2.58. The summed E-state index contributed by atoms with van der Waals surface area (Å²) in [5.41, 5.74) is 2.21. The summed E-state index contributed by atoms with van der Waals surface area (Å²) in [6, 6.07) is 4.05. The van der Waals surface area contributed by atoms with E-state index in [0.29, 0.717) is 0 Å². The zero-order chi connectivity index (χ0) is 10.1. The molecule has 0 bridgehead atoms. The third-order valence-corrected chi connectivity index (χ3v) is 3.66. The summed E-state index contributed by atoms with van der Waals surface area (Å²) in [6.07, 6.45) is 3.35. The molecular weight excluding hydrogens is 216 g/mol. The summed E-state index contributed by atoms with van der Waals surface area (Å²) in [7, 11) is 0. The van der Waals surface area contributed by atoms with Crippen molar-refractivity contribution in [2.75, 3.05) is 0 Å². The van der Waals surface area contributed by atoms with Crippen molar-refractivity contribution in [2.24, 2.45) is 0 Å². The Hall–Kier alpha value is -0.730. The van der Waals surface area contributed by atoms with Gasteiger partial charge in [-0.2, -0.15) is 0 Å². The molecule has 0 aliphatic carbocycles. The van der Waals surface area contributed by atoms with Gasteiger partial charge in [0.2, 0.25) is 0 Å². The molecule has 1 nitrogen and oxygen atoms in total. The van der Waals surface area contributed by atoms with E-state index in [1.54, 1.807) is 23.9 Å². The van der Waals surface area contributed by atoms with Crippen LogP contribution in [-0.4, -0.2) is 0 Å². The average molecular weight is 227 g/mol. The Morgan fingerprint density at radius 3 is 2.71 bits per heavy atom. The first kappa shape index (κ1) is 9.81. The van der Waals surface area contributed by atoms with Crippen molar-refractivity contribution in [1.82, 2.24) is 0 Å². The van der Waals surface area contributed by atoms with Crippen molar-refractivity contribution >= 4 is 22.9 Å². The van der Waals surface area contributed by atoms with E-state index in [2.05, 4.69) is 19.9 Å². The van der Waals surface area contributed by atoms with Crippen molar-refractivity contribution in [1.29, 1.82) is 0 Å². The molecule has 0 N–H and O–H groups in total. The predicted octanol–water partition coefficient (Wildman–Crippen LogP) is 4.29. The lowest BCUT2D eigenvalue weighted by molar-refractivity contribution is 0.564. The van der Waals surface area contributed by atoms with E-state index in [9.17, 15) is 0 Å². The monoisotopic (exact) mass is 226 g/mol. The van der Waals surface area contributed by atoms with Gasteiger partial charge in [-0.05, 0) is 31.5 Å². The van der Waals surface area contributed by atoms with Gasteiger partial charge in [0.1, 0.15) is 0 Å². The van der Waals surface area contributed by atoms with E-state index < -0.39 is 0 Å². The maximum Gasteiger partial charge on any atom is 0.0952 e. The lowest BCUT2D eigenvalue weighted by Crippen LogP contribution is -1.90. The third kappa shape index (κ3) is 1.72. The minimum absolute atomic E-state index is 0.0845. The highest BCUT2D eigenvalue weighted by molar-refractivity contribution is 7.12. The van der Waals surface area contributed by atoms with Gasteiger partial charge in [-0.1, -0.05) is 0 Å². The highest BCUT2D eigenvalue weighted by atomic mass is 35.5. The SMILES string of the molecule is Cc1cc(C(Cl)c2ccoc2)c(C)s1. The Bertz CT molecular complexity index is 416. The van der Waals surface area contributed by atoms with Crippen LogP contribution in [0.25, 0.3) is 0 Å². The number of furan rings is 1. The number of thiophene rings is 1. The normalized spacial score (nSPS) is 13.1. The standard InChI is InChI=1S/C11H11ClOS/c1-7-5-10(8(2)14-7)11(12)9-3-4-13-6-9/h3-6,11H,1-2H3. The maximum absolute atomic E-state index is 6.34. The van der Waals surface area contributed by atoms with Crippen molar-refractivity contribution in [3.05, 3.63) is 45.5 Å². The number of hydrogen-bond acceptors (Lipinski definition) is 2. The van der Waals surface area contributed by atoms with Gasteiger partial charge >= 0.3 is 0 Å². The molecule has 0 amide bonds. The minimum Gasteiger partial charge on any atom is -0.472 e. The van der Waals surface area contributed by atoms with Gasteiger partial charge < -0.3 is 4.42 Å². The molecule has 0 saturated heterocycles. The fourth-order valence-corrected chi connectivity index (χ4v) is 2.88. The number of alkyl halides is 1. The molecule has 2 heterocycles. The Morgan fingerprint density at radius 1 is 1.43 bits per heavy atom. The van der Waals surface area contributed by atoms with E-state index in [4.69, 9.17) is 16.0 Å². The summed E-state index contributed by atoms with van der Waals surface area (Å²) < 4.78 is 5.02. The quantitative estimate of drug-likeness (QED) is 0.697. The molecule has 0 aromatic carbocycles. The largest absolute Gasteiger partial charge is 0.472 e. The smallest absolute Gasteiger partial charge is 0.0952 e. The highest BCUT2D eigenvalue weighted by Gasteiger charge is 2.15. The van der Waals surface area contributed by atoms with Crippen LogP contribution in [0.2, 0.25) is 0 Å². The van der Waals surface area contributed by atoms with Crippen molar-refractivity contribution in [3.8, 4) is 0 Å². The molecule has 0 spiro atoms. The van der Waals surface area contributed by atoms with E-state index in [1.165, 1.54) is 15.3 Å². The zero-order valence-corrected chi connectivity index (χ0v) is 9.65. The lowest BCUT2D eigenvalue weighted by Gasteiger charge is -2.05. The molecule has 2 aromatic heterocycles. The fourth-order valence-electron chi connectivity index (χ4n) is 1.50. The average Bonchev–Trinajstić information content (AvgIpc) is 2.73. The number of rotatable bonds is 2. The molecule has 0 fully saturated rings. The lowest BCUT2D eigenvalue weighted by atomic mass is 10.1. The topological polar surface area (TPSA) is 13.1 Å². The van der Waals surface area contributed by atoms with Crippen molar-refractivity contribution in [2.45, 2.75) is 19.2 Å². The van der Waals surface area contributed by atoms with Gasteiger partial charge in [0.15, 0.2) is 0 Å². The highest BCUT2D eigenvalue weighted by Crippen LogP contribution is 2.35. The maximum atomic E-state index is 6.34. The van der Waals surface area contributed by atoms with Crippen LogP contribution in [0.5, 0.6) is 0 Å². The van der Waals surface area contributed by atoms with Crippen LogP contribution in [0.4, 0.5) is 0 Å². The predicted molar refractivity (Wildman–Crippen MR) is 60.2 cm³/mol. The summed E-state index contributed by atoms with van der Waals surface area (Å²) in [5, 5.41) is -0.0845. The molecule has 14 heavy (non-hydrogen) atoms. The minimum atomic E-state index is -0.0845. The van der Waals surface area contributed by atoms with Gasteiger partial charge in [0, 0.05) is 15.3 Å². The van der Waals surface area contributed by atoms with E-state index >= 15 is 0 Å². The van der Waals surface area contributed by atoms with Gasteiger partial charge in [0.05, 0.1) is 17.9 Å². The second kappa shape index (κ2) is 3.79. The molecule has 2 rings (SSSR count). The first-order valence-electron chi connectivity index (χ1n) is 4.41.